The van der Waals surface area contributed by atoms with Crippen LogP contribution in [0.15, 0.2) is 36.9 Å². The van der Waals surface area contributed by atoms with Gasteiger partial charge in [0.25, 0.3) is 0 Å². The highest BCUT2D eigenvalue weighted by atomic mass is 15.1. The second-order valence-corrected chi connectivity index (χ2v) is 3.97. The van der Waals surface area contributed by atoms with Crippen LogP contribution in [0.4, 0.5) is 5.95 Å². The summed E-state index contributed by atoms with van der Waals surface area (Å²) in [6.07, 6.45) is 8.20. The van der Waals surface area contributed by atoms with Gasteiger partial charge in [-0.2, -0.15) is 0 Å². The van der Waals surface area contributed by atoms with E-state index >= 15 is 0 Å². The van der Waals surface area contributed by atoms with Crippen LogP contribution >= 0.6 is 0 Å². The average Bonchev–Trinajstić information content (AvgIpc) is 2.39. The fourth-order valence-corrected chi connectivity index (χ4v) is 1.64. The van der Waals surface area contributed by atoms with Gasteiger partial charge in [0, 0.05) is 24.8 Å². The molecule has 0 aliphatic rings. The Kier molecular flexibility index (Phi) is 3.65. The lowest BCUT2D eigenvalue weighted by molar-refractivity contribution is 0.736. The molecular formula is C13H16N4. The van der Waals surface area contributed by atoms with Crippen LogP contribution in [0.1, 0.15) is 30.5 Å². The lowest BCUT2D eigenvalue weighted by atomic mass is 10.1. The molecule has 2 rings (SSSR count). The molecule has 4 heteroatoms. The minimum atomic E-state index is 0.223. The van der Waals surface area contributed by atoms with Crippen LogP contribution in [-0.2, 0) is 0 Å². The second kappa shape index (κ2) is 5.39. The molecule has 0 amide bonds. The van der Waals surface area contributed by atoms with E-state index in [0.717, 1.165) is 12.0 Å². The maximum absolute atomic E-state index is 4.25. The van der Waals surface area contributed by atoms with Gasteiger partial charge in [-0.15, -0.1) is 0 Å². The summed E-state index contributed by atoms with van der Waals surface area (Å²) in [5.74, 6) is 0.666. The predicted octanol–water partition coefficient (Wildman–Crippen LogP) is 2.74. The molecule has 2 heterocycles. The zero-order chi connectivity index (χ0) is 12.1. The molecule has 0 saturated heterocycles. The third kappa shape index (κ3) is 3.00. The number of hydrogen-bond donors (Lipinski definition) is 1. The van der Waals surface area contributed by atoms with Gasteiger partial charge in [0.05, 0.1) is 6.04 Å². The topological polar surface area (TPSA) is 50.7 Å². The van der Waals surface area contributed by atoms with Crippen LogP contribution < -0.4 is 5.32 Å². The number of pyridine rings is 1. The predicted molar refractivity (Wildman–Crippen MR) is 67.7 cm³/mol. The van der Waals surface area contributed by atoms with Crippen LogP contribution in [0.25, 0.3) is 0 Å². The molecule has 1 atom stereocenters. The van der Waals surface area contributed by atoms with Gasteiger partial charge in [-0.05, 0) is 36.6 Å². The van der Waals surface area contributed by atoms with Crippen LogP contribution in [0.5, 0.6) is 0 Å². The summed E-state index contributed by atoms with van der Waals surface area (Å²) in [7, 11) is 0. The molecule has 88 valence electrons. The van der Waals surface area contributed by atoms with Crippen LogP contribution in [0.2, 0.25) is 0 Å². The van der Waals surface area contributed by atoms with E-state index in [1.807, 2.05) is 31.5 Å². The van der Waals surface area contributed by atoms with Gasteiger partial charge < -0.3 is 5.32 Å². The summed E-state index contributed by atoms with van der Waals surface area (Å²) in [4.78, 5) is 12.5. The molecule has 0 aliphatic carbocycles. The monoisotopic (exact) mass is 228 g/mol. The number of rotatable bonds is 4. The molecule has 0 aromatic carbocycles. The smallest absolute Gasteiger partial charge is 0.223 e. The lowest BCUT2D eigenvalue weighted by Gasteiger charge is -2.16. The average molecular weight is 228 g/mol. The first-order valence-electron chi connectivity index (χ1n) is 5.74. The van der Waals surface area contributed by atoms with Gasteiger partial charge in [-0.3, -0.25) is 4.98 Å². The van der Waals surface area contributed by atoms with E-state index < -0.39 is 0 Å². The van der Waals surface area contributed by atoms with Gasteiger partial charge >= 0.3 is 0 Å². The molecule has 0 spiro atoms. The van der Waals surface area contributed by atoms with Crippen LogP contribution in [-0.4, -0.2) is 15.0 Å². The van der Waals surface area contributed by atoms with Gasteiger partial charge in [-0.1, -0.05) is 6.92 Å². The van der Waals surface area contributed by atoms with Crippen molar-refractivity contribution in [2.24, 2.45) is 0 Å². The molecule has 4 nitrogen and oxygen atoms in total. The molecule has 2 aromatic heterocycles. The third-order valence-corrected chi connectivity index (χ3v) is 2.60. The Bertz CT molecular complexity index is 453. The SMILES string of the molecule is CCC(Nc1ncc(C)cn1)c1ccncc1. The van der Waals surface area contributed by atoms with Gasteiger partial charge in [0.15, 0.2) is 0 Å². The van der Waals surface area contributed by atoms with E-state index in [0.29, 0.717) is 5.95 Å². The largest absolute Gasteiger partial charge is 0.347 e. The highest BCUT2D eigenvalue weighted by Gasteiger charge is 2.09. The van der Waals surface area contributed by atoms with Crippen molar-refractivity contribution in [3.8, 4) is 0 Å². The number of anilines is 1. The van der Waals surface area contributed by atoms with Crippen LogP contribution in [0, 0.1) is 6.92 Å². The third-order valence-electron chi connectivity index (χ3n) is 2.60. The normalized spacial score (nSPS) is 12.1. The number of aromatic nitrogens is 3. The Hall–Kier alpha value is -1.97. The molecule has 2 aromatic rings. The van der Waals surface area contributed by atoms with Crippen molar-refractivity contribution in [2.75, 3.05) is 5.32 Å². The van der Waals surface area contributed by atoms with Crippen molar-refractivity contribution < 1.29 is 0 Å². The Morgan fingerprint density at radius 1 is 1.18 bits per heavy atom. The minimum Gasteiger partial charge on any atom is -0.347 e. The molecule has 1 unspecified atom stereocenters. The van der Waals surface area contributed by atoms with Gasteiger partial charge in [-0.25, -0.2) is 9.97 Å². The van der Waals surface area contributed by atoms with Crippen molar-refractivity contribution in [3.63, 3.8) is 0 Å². The quantitative estimate of drug-likeness (QED) is 0.874. The number of nitrogens with one attached hydrogen (secondary N) is 1. The Morgan fingerprint density at radius 2 is 1.82 bits per heavy atom. The van der Waals surface area contributed by atoms with E-state index in [1.165, 1.54) is 5.56 Å². The van der Waals surface area contributed by atoms with E-state index in [9.17, 15) is 0 Å². The molecule has 0 bridgehead atoms. The fraction of sp³-hybridized carbons (Fsp3) is 0.308. The number of nitrogens with zero attached hydrogens (tertiary/aromatic N) is 3. The summed E-state index contributed by atoms with van der Waals surface area (Å²) >= 11 is 0. The first kappa shape index (κ1) is 11.5. The maximum atomic E-state index is 4.25. The summed E-state index contributed by atoms with van der Waals surface area (Å²) in [6.45, 7) is 4.11. The molecule has 0 saturated carbocycles. The fourth-order valence-electron chi connectivity index (χ4n) is 1.64. The van der Waals surface area contributed by atoms with Crippen molar-refractivity contribution in [1.82, 2.24) is 15.0 Å². The summed E-state index contributed by atoms with van der Waals surface area (Å²) in [5.41, 5.74) is 2.26. The zero-order valence-electron chi connectivity index (χ0n) is 10.1. The van der Waals surface area contributed by atoms with Gasteiger partial charge in [0.2, 0.25) is 5.95 Å². The molecular weight excluding hydrogens is 212 g/mol. The van der Waals surface area contributed by atoms with E-state index in [4.69, 9.17) is 0 Å². The molecule has 0 fully saturated rings. The molecule has 17 heavy (non-hydrogen) atoms. The van der Waals surface area contributed by atoms with Crippen molar-refractivity contribution in [3.05, 3.63) is 48.0 Å². The minimum absolute atomic E-state index is 0.223. The number of aryl methyl sites for hydroxylation is 1. The van der Waals surface area contributed by atoms with E-state index in [-0.39, 0.29) is 6.04 Å². The molecule has 1 N–H and O–H groups in total. The highest BCUT2D eigenvalue weighted by molar-refractivity contribution is 5.31. The van der Waals surface area contributed by atoms with Crippen molar-refractivity contribution in [1.29, 1.82) is 0 Å². The van der Waals surface area contributed by atoms with Crippen molar-refractivity contribution >= 4 is 5.95 Å². The highest BCUT2D eigenvalue weighted by Crippen LogP contribution is 2.19. The summed E-state index contributed by atoms with van der Waals surface area (Å²) in [6, 6.07) is 4.24. The van der Waals surface area contributed by atoms with Gasteiger partial charge in [0.1, 0.15) is 0 Å². The Labute approximate surface area is 101 Å². The Morgan fingerprint density at radius 3 is 2.41 bits per heavy atom. The molecule has 0 aliphatic heterocycles. The lowest BCUT2D eigenvalue weighted by Crippen LogP contribution is -2.11. The van der Waals surface area contributed by atoms with Crippen molar-refractivity contribution in [2.45, 2.75) is 26.3 Å². The molecule has 0 radical (unpaired) electrons. The maximum Gasteiger partial charge on any atom is 0.223 e. The van der Waals surface area contributed by atoms with E-state index in [1.54, 1.807) is 12.4 Å². The standard InChI is InChI=1S/C13H16N4/c1-3-12(11-4-6-14-7-5-11)17-13-15-8-10(2)9-16-13/h4-9,12H,3H2,1-2H3,(H,15,16,17). The first-order chi connectivity index (χ1) is 8.29. The second-order valence-electron chi connectivity index (χ2n) is 3.97. The van der Waals surface area contributed by atoms with Crippen LogP contribution in [0.3, 0.4) is 0 Å². The van der Waals surface area contributed by atoms with E-state index in [2.05, 4.69) is 27.2 Å². The number of hydrogen-bond acceptors (Lipinski definition) is 4. The summed E-state index contributed by atoms with van der Waals surface area (Å²) in [5, 5.41) is 3.32. The zero-order valence-corrected chi connectivity index (χ0v) is 10.1. The first-order valence-corrected chi connectivity index (χ1v) is 5.74. The Balaban J connectivity index is 2.13. The summed E-state index contributed by atoms with van der Waals surface area (Å²) < 4.78 is 0.